The fraction of sp³-hybridized carbons (Fsp3) is 1.00. The molecule has 2 N–H and O–H groups in total. The molecule has 0 bridgehead atoms. The molecular weight excluding hydrogens is 158 g/mol. The van der Waals surface area contributed by atoms with Crippen molar-refractivity contribution in [3.63, 3.8) is 0 Å². The van der Waals surface area contributed by atoms with Crippen LogP contribution in [0.1, 0.15) is 57.8 Å². The van der Waals surface area contributed by atoms with Gasteiger partial charge in [0.25, 0.3) is 0 Å². The van der Waals surface area contributed by atoms with Gasteiger partial charge in [-0.15, -0.1) is 0 Å². The highest BCUT2D eigenvalue weighted by atomic mass is 14.7. The number of rotatable bonds is 1. The number of hydrogen-bond acceptors (Lipinski definition) is 1. The summed E-state index contributed by atoms with van der Waals surface area (Å²) in [4.78, 5) is 0. The molecule has 1 heteroatoms. The summed E-state index contributed by atoms with van der Waals surface area (Å²) in [6, 6.07) is 0.539. The molecular formula is C12H23N. The minimum atomic E-state index is 0.539. The fourth-order valence-electron chi connectivity index (χ4n) is 3.34. The van der Waals surface area contributed by atoms with Crippen molar-refractivity contribution < 1.29 is 0 Å². The molecule has 0 heterocycles. The Morgan fingerprint density at radius 3 is 2.00 bits per heavy atom. The summed E-state index contributed by atoms with van der Waals surface area (Å²) in [5.41, 5.74) is 6.21. The third-order valence-electron chi connectivity index (χ3n) is 4.13. The van der Waals surface area contributed by atoms with Gasteiger partial charge in [-0.3, -0.25) is 0 Å². The Bertz CT molecular complexity index is 149. The van der Waals surface area contributed by atoms with Crippen LogP contribution in [0.2, 0.25) is 0 Å². The van der Waals surface area contributed by atoms with Crippen LogP contribution in [-0.4, -0.2) is 6.04 Å². The first kappa shape index (κ1) is 9.51. The molecule has 0 radical (unpaired) electrons. The Labute approximate surface area is 82.1 Å². The van der Waals surface area contributed by atoms with Crippen molar-refractivity contribution >= 4 is 0 Å². The lowest BCUT2D eigenvalue weighted by molar-refractivity contribution is 0.171. The van der Waals surface area contributed by atoms with E-state index in [1.807, 2.05) is 0 Å². The quantitative estimate of drug-likeness (QED) is 0.661. The van der Waals surface area contributed by atoms with Gasteiger partial charge in [-0.05, 0) is 24.7 Å². The third kappa shape index (κ3) is 2.25. The summed E-state index contributed by atoms with van der Waals surface area (Å²) in [7, 11) is 0. The topological polar surface area (TPSA) is 26.0 Å². The average Bonchev–Trinajstić information content (AvgIpc) is 2.20. The van der Waals surface area contributed by atoms with Crippen LogP contribution in [-0.2, 0) is 0 Å². The van der Waals surface area contributed by atoms with Gasteiger partial charge in [-0.25, -0.2) is 0 Å². The molecule has 2 rings (SSSR count). The molecule has 1 nitrogen and oxygen atoms in total. The van der Waals surface area contributed by atoms with Crippen LogP contribution in [0.15, 0.2) is 0 Å². The second kappa shape index (κ2) is 4.45. The Morgan fingerprint density at radius 1 is 0.692 bits per heavy atom. The largest absolute Gasteiger partial charge is 0.327 e. The second-order valence-corrected chi connectivity index (χ2v) is 5.01. The zero-order valence-electron chi connectivity index (χ0n) is 8.67. The Balaban J connectivity index is 1.88. The summed E-state index contributed by atoms with van der Waals surface area (Å²) < 4.78 is 0. The van der Waals surface area contributed by atoms with E-state index in [9.17, 15) is 0 Å². The average molecular weight is 181 g/mol. The van der Waals surface area contributed by atoms with E-state index in [0.717, 1.165) is 11.8 Å². The first-order valence-electron chi connectivity index (χ1n) is 6.13. The highest BCUT2D eigenvalue weighted by molar-refractivity contribution is 4.84. The molecule has 2 aliphatic rings. The van der Waals surface area contributed by atoms with Gasteiger partial charge in [0.2, 0.25) is 0 Å². The zero-order chi connectivity index (χ0) is 9.10. The van der Waals surface area contributed by atoms with Gasteiger partial charge in [0, 0.05) is 6.04 Å². The van der Waals surface area contributed by atoms with Gasteiger partial charge in [-0.1, -0.05) is 44.9 Å². The maximum absolute atomic E-state index is 6.21. The van der Waals surface area contributed by atoms with Crippen LogP contribution in [0.25, 0.3) is 0 Å². The predicted molar refractivity (Wildman–Crippen MR) is 56.5 cm³/mol. The minimum Gasteiger partial charge on any atom is -0.327 e. The van der Waals surface area contributed by atoms with Gasteiger partial charge in [0.05, 0.1) is 0 Å². The minimum absolute atomic E-state index is 0.539. The van der Waals surface area contributed by atoms with Crippen molar-refractivity contribution in [1.29, 1.82) is 0 Å². The van der Waals surface area contributed by atoms with Crippen molar-refractivity contribution in [2.24, 2.45) is 17.6 Å². The maximum atomic E-state index is 6.21. The van der Waals surface area contributed by atoms with E-state index in [2.05, 4.69) is 0 Å². The van der Waals surface area contributed by atoms with Gasteiger partial charge >= 0.3 is 0 Å². The standard InChI is InChI=1S/C12H23N/c13-12-9-5-4-8-11(12)10-6-2-1-3-7-10/h10-12H,1-9,13H2/t11-,12+/m1/s1. The summed E-state index contributed by atoms with van der Waals surface area (Å²) >= 11 is 0. The lowest BCUT2D eigenvalue weighted by Crippen LogP contribution is -2.38. The van der Waals surface area contributed by atoms with Gasteiger partial charge in [0.15, 0.2) is 0 Å². The highest BCUT2D eigenvalue weighted by Crippen LogP contribution is 2.37. The lowest BCUT2D eigenvalue weighted by atomic mass is 9.71. The van der Waals surface area contributed by atoms with Crippen LogP contribution >= 0.6 is 0 Å². The van der Waals surface area contributed by atoms with Crippen molar-refractivity contribution in [2.45, 2.75) is 63.8 Å². The van der Waals surface area contributed by atoms with E-state index in [1.54, 1.807) is 0 Å². The Kier molecular flexibility index (Phi) is 3.26. The van der Waals surface area contributed by atoms with Crippen molar-refractivity contribution in [3.05, 3.63) is 0 Å². The zero-order valence-corrected chi connectivity index (χ0v) is 8.67. The van der Waals surface area contributed by atoms with Crippen LogP contribution in [0.5, 0.6) is 0 Å². The molecule has 13 heavy (non-hydrogen) atoms. The summed E-state index contributed by atoms with van der Waals surface area (Å²) in [5, 5.41) is 0. The molecule has 0 aromatic heterocycles. The molecule has 2 atom stereocenters. The molecule has 2 fully saturated rings. The van der Waals surface area contributed by atoms with Gasteiger partial charge in [-0.2, -0.15) is 0 Å². The van der Waals surface area contributed by atoms with E-state index in [1.165, 1.54) is 57.8 Å². The smallest absolute Gasteiger partial charge is 0.00698 e. The molecule has 0 aliphatic heterocycles. The van der Waals surface area contributed by atoms with E-state index >= 15 is 0 Å². The molecule has 0 aromatic rings. The SMILES string of the molecule is N[C@H]1CCCC[C@@H]1C1CCCCC1. The number of hydrogen-bond donors (Lipinski definition) is 1. The van der Waals surface area contributed by atoms with Crippen molar-refractivity contribution in [1.82, 2.24) is 0 Å². The van der Waals surface area contributed by atoms with E-state index in [0.29, 0.717) is 6.04 Å². The molecule has 0 aromatic carbocycles. The molecule has 76 valence electrons. The maximum Gasteiger partial charge on any atom is 0.00698 e. The first-order chi connectivity index (χ1) is 6.38. The summed E-state index contributed by atoms with van der Waals surface area (Å²) in [6.07, 6.45) is 12.9. The van der Waals surface area contributed by atoms with Gasteiger partial charge in [0.1, 0.15) is 0 Å². The van der Waals surface area contributed by atoms with Gasteiger partial charge < -0.3 is 5.73 Å². The second-order valence-electron chi connectivity index (χ2n) is 5.01. The third-order valence-corrected chi connectivity index (χ3v) is 4.13. The van der Waals surface area contributed by atoms with Crippen LogP contribution < -0.4 is 5.73 Å². The van der Waals surface area contributed by atoms with E-state index < -0.39 is 0 Å². The van der Waals surface area contributed by atoms with Crippen molar-refractivity contribution in [3.8, 4) is 0 Å². The Morgan fingerprint density at radius 2 is 1.31 bits per heavy atom. The van der Waals surface area contributed by atoms with Crippen molar-refractivity contribution in [2.75, 3.05) is 0 Å². The molecule has 0 spiro atoms. The molecule has 0 saturated heterocycles. The number of nitrogens with two attached hydrogens (primary N) is 1. The summed E-state index contributed by atoms with van der Waals surface area (Å²) in [6.45, 7) is 0. The first-order valence-corrected chi connectivity index (χ1v) is 6.13. The van der Waals surface area contributed by atoms with Crippen LogP contribution in [0.4, 0.5) is 0 Å². The molecule has 2 aliphatic carbocycles. The van der Waals surface area contributed by atoms with E-state index in [4.69, 9.17) is 5.73 Å². The monoisotopic (exact) mass is 181 g/mol. The summed E-state index contributed by atoms with van der Waals surface area (Å²) in [5.74, 6) is 1.87. The fourth-order valence-corrected chi connectivity index (χ4v) is 3.34. The lowest BCUT2D eigenvalue weighted by Gasteiger charge is -2.37. The Hall–Kier alpha value is -0.0400. The van der Waals surface area contributed by atoms with Crippen LogP contribution in [0, 0.1) is 11.8 Å². The van der Waals surface area contributed by atoms with Crippen LogP contribution in [0.3, 0.4) is 0 Å². The highest BCUT2D eigenvalue weighted by Gasteiger charge is 2.29. The van der Waals surface area contributed by atoms with E-state index in [-0.39, 0.29) is 0 Å². The predicted octanol–water partition coefficient (Wildman–Crippen LogP) is 3.08. The molecule has 2 saturated carbocycles. The normalized spacial score (nSPS) is 37.6. The molecule has 0 amide bonds. The molecule has 0 unspecified atom stereocenters.